The molecule has 1 heterocycles. The molecule has 0 saturated carbocycles. The Kier molecular flexibility index (Phi) is 15.5. The van der Waals surface area contributed by atoms with Crippen LogP contribution in [0.4, 0.5) is 0 Å². The van der Waals surface area contributed by atoms with Crippen molar-refractivity contribution in [1.82, 2.24) is 0 Å². The van der Waals surface area contributed by atoms with Crippen LogP contribution < -0.4 is 0 Å². The van der Waals surface area contributed by atoms with Crippen molar-refractivity contribution >= 4 is 5.90 Å². The summed E-state index contributed by atoms with van der Waals surface area (Å²) >= 11 is 0. The Morgan fingerprint density at radius 1 is 0.625 bits per heavy atom. The van der Waals surface area contributed by atoms with Crippen molar-refractivity contribution in [3.8, 4) is 0 Å². The van der Waals surface area contributed by atoms with Gasteiger partial charge in [-0.05, 0) is 6.42 Å². The van der Waals surface area contributed by atoms with Gasteiger partial charge in [0.2, 0.25) is 0 Å². The van der Waals surface area contributed by atoms with E-state index in [9.17, 15) is 0 Å². The summed E-state index contributed by atoms with van der Waals surface area (Å²) in [6.07, 6.45) is 25.4. The van der Waals surface area contributed by atoms with Crippen molar-refractivity contribution in [3.63, 3.8) is 0 Å². The molecule has 0 aliphatic carbocycles. The molecule has 1 aliphatic rings. The summed E-state index contributed by atoms with van der Waals surface area (Å²) in [4.78, 5) is 4.34. The van der Waals surface area contributed by atoms with Gasteiger partial charge >= 0.3 is 0 Å². The van der Waals surface area contributed by atoms with Crippen molar-refractivity contribution < 1.29 is 4.74 Å². The van der Waals surface area contributed by atoms with Gasteiger partial charge in [0, 0.05) is 6.42 Å². The highest BCUT2D eigenvalue weighted by Crippen LogP contribution is 2.14. The van der Waals surface area contributed by atoms with E-state index >= 15 is 0 Å². The van der Waals surface area contributed by atoms with E-state index in [1.54, 1.807) is 0 Å². The van der Waals surface area contributed by atoms with Gasteiger partial charge < -0.3 is 4.74 Å². The van der Waals surface area contributed by atoms with Gasteiger partial charge in [0.25, 0.3) is 0 Å². The lowest BCUT2D eigenvalue weighted by molar-refractivity contribution is 0.336. The van der Waals surface area contributed by atoms with Crippen LogP contribution in [0.2, 0.25) is 0 Å². The fraction of sp³-hybridized carbons (Fsp3) is 0.955. The predicted molar refractivity (Wildman–Crippen MR) is 107 cm³/mol. The zero-order valence-corrected chi connectivity index (χ0v) is 16.5. The smallest absolute Gasteiger partial charge is 0.183 e. The normalized spacial score (nSPS) is 14.0. The van der Waals surface area contributed by atoms with Crippen molar-refractivity contribution in [2.75, 3.05) is 13.2 Å². The number of hydrogen-bond donors (Lipinski definition) is 0. The number of unbranched alkanes of at least 4 members (excludes halogenated alkanes) is 16. The number of rotatable bonds is 18. The first-order valence-electron chi connectivity index (χ1n) is 11.1. The van der Waals surface area contributed by atoms with Gasteiger partial charge in [-0.1, -0.05) is 110 Å². The lowest BCUT2D eigenvalue weighted by Gasteiger charge is -2.04. The molecular weight excluding hydrogens is 294 g/mol. The van der Waals surface area contributed by atoms with Crippen molar-refractivity contribution in [2.24, 2.45) is 4.99 Å². The highest BCUT2D eigenvalue weighted by Gasteiger charge is 2.05. The van der Waals surface area contributed by atoms with Crippen molar-refractivity contribution in [1.29, 1.82) is 0 Å². The molecule has 0 N–H and O–H groups in total. The van der Waals surface area contributed by atoms with Crippen molar-refractivity contribution in [2.45, 2.75) is 122 Å². The van der Waals surface area contributed by atoms with Crippen LogP contribution in [0.5, 0.6) is 0 Å². The Morgan fingerprint density at radius 2 is 1.04 bits per heavy atom. The second-order valence-electron chi connectivity index (χ2n) is 7.53. The molecular formula is C22H43NO. The lowest BCUT2D eigenvalue weighted by atomic mass is 10.0. The average Bonchev–Trinajstić information content (AvgIpc) is 3.11. The van der Waals surface area contributed by atoms with Crippen LogP contribution in [0.25, 0.3) is 0 Å². The summed E-state index contributed by atoms with van der Waals surface area (Å²) in [5, 5.41) is 0. The molecule has 0 fully saturated rings. The Balaban J connectivity index is 1.65. The van der Waals surface area contributed by atoms with E-state index < -0.39 is 0 Å². The van der Waals surface area contributed by atoms with E-state index in [0.717, 1.165) is 25.5 Å². The van der Waals surface area contributed by atoms with Crippen LogP contribution >= 0.6 is 0 Å². The Morgan fingerprint density at radius 3 is 1.42 bits per heavy atom. The van der Waals surface area contributed by atoms with Gasteiger partial charge in [-0.3, -0.25) is 4.99 Å². The summed E-state index contributed by atoms with van der Waals surface area (Å²) in [6.45, 7) is 3.99. The highest BCUT2D eigenvalue weighted by molar-refractivity contribution is 5.77. The van der Waals surface area contributed by atoms with E-state index in [2.05, 4.69) is 11.9 Å². The first kappa shape index (κ1) is 21.5. The van der Waals surface area contributed by atoms with E-state index in [0.29, 0.717) is 0 Å². The standard InChI is InChI=1S/C22H43NO/c1-2-3-4-5-6-7-8-9-10-11-12-13-14-15-16-17-18-19-22-23-20-21-24-22/h2-21H2,1H3. The molecule has 0 aromatic carbocycles. The summed E-state index contributed by atoms with van der Waals surface area (Å²) in [5.74, 6) is 1.01. The van der Waals surface area contributed by atoms with Crippen LogP contribution in [0, 0.1) is 0 Å². The van der Waals surface area contributed by atoms with Crippen LogP contribution in [0.1, 0.15) is 122 Å². The minimum Gasteiger partial charge on any atom is -0.479 e. The number of aliphatic imine (C=N–C) groups is 1. The van der Waals surface area contributed by atoms with Gasteiger partial charge in [-0.25, -0.2) is 0 Å². The van der Waals surface area contributed by atoms with E-state index in [1.165, 1.54) is 109 Å². The molecule has 0 atom stereocenters. The van der Waals surface area contributed by atoms with Gasteiger partial charge in [0.1, 0.15) is 6.61 Å². The van der Waals surface area contributed by atoms with Gasteiger partial charge in [0.05, 0.1) is 6.54 Å². The summed E-state index contributed by atoms with van der Waals surface area (Å²) in [5.41, 5.74) is 0. The van der Waals surface area contributed by atoms with Crippen LogP contribution in [-0.2, 0) is 4.74 Å². The van der Waals surface area contributed by atoms with Crippen LogP contribution in [-0.4, -0.2) is 19.0 Å². The number of ether oxygens (including phenoxy) is 1. The fourth-order valence-corrected chi connectivity index (χ4v) is 3.53. The third-order valence-electron chi connectivity index (χ3n) is 5.14. The lowest BCUT2D eigenvalue weighted by Crippen LogP contribution is -1.98. The maximum absolute atomic E-state index is 5.43. The van der Waals surface area contributed by atoms with Crippen LogP contribution in [0.3, 0.4) is 0 Å². The van der Waals surface area contributed by atoms with Crippen LogP contribution in [0.15, 0.2) is 4.99 Å². The molecule has 0 aromatic rings. The van der Waals surface area contributed by atoms with E-state index in [1.807, 2.05) is 0 Å². The molecule has 0 bridgehead atoms. The maximum Gasteiger partial charge on any atom is 0.183 e. The second-order valence-corrected chi connectivity index (χ2v) is 7.53. The Hall–Kier alpha value is -0.530. The van der Waals surface area contributed by atoms with Crippen molar-refractivity contribution in [3.05, 3.63) is 0 Å². The minimum atomic E-state index is 0.814. The summed E-state index contributed by atoms with van der Waals surface area (Å²) in [6, 6.07) is 0. The van der Waals surface area contributed by atoms with E-state index in [-0.39, 0.29) is 0 Å². The highest BCUT2D eigenvalue weighted by atomic mass is 16.5. The fourth-order valence-electron chi connectivity index (χ4n) is 3.53. The molecule has 1 aliphatic heterocycles. The third-order valence-corrected chi connectivity index (χ3v) is 5.14. The first-order chi connectivity index (χ1) is 11.9. The maximum atomic E-state index is 5.43. The molecule has 0 saturated heterocycles. The average molecular weight is 338 g/mol. The number of nitrogens with zero attached hydrogens (tertiary/aromatic N) is 1. The monoisotopic (exact) mass is 337 g/mol. The van der Waals surface area contributed by atoms with E-state index in [4.69, 9.17) is 4.74 Å². The topological polar surface area (TPSA) is 21.6 Å². The molecule has 1 rings (SSSR count). The molecule has 142 valence electrons. The zero-order chi connectivity index (χ0) is 17.1. The molecule has 0 amide bonds. The predicted octanol–water partition coefficient (Wildman–Crippen LogP) is 7.46. The molecule has 0 radical (unpaired) electrons. The Bertz CT molecular complexity index is 288. The second kappa shape index (κ2) is 17.3. The summed E-state index contributed by atoms with van der Waals surface area (Å²) < 4.78 is 5.43. The number of hydrogen-bond acceptors (Lipinski definition) is 2. The first-order valence-corrected chi connectivity index (χ1v) is 11.1. The molecule has 0 spiro atoms. The van der Waals surface area contributed by atoms with Gasteiger partial charge in [0.15, 0.2) is 5.90 Å². The van der Waals surface area contributed by atoms with Gasteiger partial charge in [-0.15, -0.1) is 0 Å². The quantitative estimate of drug-likeness (QED) is 0.238. The molecule has 0 aromatic heterocycles. The largest absolute Gasteiger partial charge is 0.479 e. The summed E-state index contributed by atoms with van der Waals surface area (Å²) in [7, 11) is 0. The SMILES string of the molecule is CCCCCCCCCCCCCCCCCCCC1=NCCO1. The molecule has 0 unspecified atom stereocenters. The molecule has 2 nitrogen and oxygen atoms in total. The molecule has 24 heavy (non-hydrogen) atoms. The van der Waals surface area contributed by atoms with Gasteiger partial charge in [-0.2, -0.15) is 0 Å². The molecule has 2 heteroatoms. The Labute approximate surface area is 151 Å². The zero-order valence-electron chi connectivity index (χ0n) is 16.5. The minimum absolute atomic E-state index is 0.814. The third kappa shape index (κ3) is 13.9.